The number of rotatable bonds is 4. The molecule has 94 valence electrons. The maximum atomic E-state index is 12.4. The van der Waals surface area contributed by atoms with E-state index in [1.807, 2.05) is 30.5 Å². The second-order valence-corrected chi connectivity index (χ2v) is 6.75. The average molecular weight is 390 g/mol. The molecule has 0 fully saturated rings. The fourth-order valence-electron chi connectivity index (χ4n) is 1.55. The number of hydrogen-bond acceptors (Lipinski definition) is 3. The third-order valence-electron chi connectivity index (χ3n) is 2.32. The standard InChI is InChI=1S/C13H10Br2O2S/c1-2-17-11-4-3-9(14)6-10(11)13(16)8-5-12(15)18-7-8/h3-7H,2H2,1H3. The van der Waals surface area contributed by atoms with Gasteiger partial charge in [0.2, 0.25) is 0 Å². The molecule has 1 aromatic heterocycles. The van der Waals surface area contributed by atoms with Crippen LogP contribution in [0.5, 0.6) is 5.75 Å². The molecule has 1 heterocycles. The summed E-state index contributed by atoms with van der Waals surface area (Å²) in [5.74, 6) is 0.592. The normalized spacial score (nSPS) is 10.4. The fraction of sp³-hybridized carbons (Fsp3) is 0.154. The molecule has 5 heteroatoms. The van der Waals surface area contributed by atoms with Gasteiger partial charge in [0.1, 0.15) is 5.75 Å². The topological polar surface area (TPSA) is 26.3 Å². The summed E-state index contributed by atoms with van der Waals surface area (Å²) in [6.45, 7) is 2.44. The Morgan fingerprint density at radius 3 is 2.72 bits per heavy atom. The van der Waals surface area contributed by atoms with Crippen molar-refractivity contribution in [3.8, 4) is 5.75 Å². The highest BCUT2D eigenvalue weighted by atomic mass is 79.9. The van der Waals surface area contributed by atoms with Gasteiger partial charge in [0.25, 0.3) is 0 Å². The van der Waals surface area contributed by atoms with E-state index in [9.17, 15) is 4.79 Å². The van der Waals surface area contributed by atoms with Gasteiger partial charge in [-0.2, -0.15) is 0 Å². The first kappa shape index (κ1) is 13.8. The molecule has 1 aromatic carbocycles. The van der Waals surface area contributed by atoms with Crippen LogP contribution in [0.2, 0.25) is 0 Å². The first-order valence-electron chi connectivity index (χ1n) is 5.33. The molecule has 18 heavy (non-hydrogen) atoms. The summed E-state index contributed by atoms with van der Waals surface area (Å²) in [5.41, 5.74) is 1.25. The van der Waals surface area contributed by atoms with E-state index in [1.165, 1.54) is 11.3 Å². The molecule has 0 saturated carbocycles. The molecular formula is C13H10Br2O2S. The lowest BCUT2D eigenvalue weighted by Crippen LogP contribution is -2.04. The van der Waals surface area contributed by atoms with Crippen LogP contribution in [0.15, 0.2) is 37.9 Å². The van der Waals surface area contributed by atoms with Gasteiger partial charge in [0, 0.05) is 15.4 Å². The number of benzene rings is 1. The van der Waals surface area contributed by atoms with Gasteiger partial charge in [-0.05, 0) is 47.1 Å². The molecule has 0 spiro atoms. The highest BCUT2D eigenvalue weighted by Gasteiger charge is 2.16. The van der Waals surface area contributed by atoms with Crippen molar-refractivity contribution in [1.82, 2.24) is 0 Å². The summed E-state index contributed by atoms with van der Waals surface area (Å²) in [6, 6.07) is 7.29. The summed E-state index contributed by atoms with van der Waals surface area (Å²) < 4.78 is 7.30. The van der Waals surface area contributed by atoms with Crippen LogP contribution in [-0.2, 0) is 0 Å². The zero-order chi connectivity index (χ0) is 13.1. The van der Waals surface area contributed by atoms with Crippen molar-refractivity contribution in [2.75, 3.05) is 6.61 Å². The Morgan fingerprint density at radius 2 is 2.11 bits per heavy atom. The minimum atomic E-state index is -0.0262. The van der Waals surface area contributed by atoms with E-state index in [2.05, 4.69) is 31.9 Å². The van der Waals surface area contributed by atoms with Crippen LogP contribution in [0.4, 0.5) is 0 Å². The molecule has 0 atom stereocenters. The van der Waals surface area contributed by atoms with Crippen LogP contribution in [0.3, 0.4) is 0 Å². The molecule has 2 aromatic rings. The Bertz CT molecular complexity index is 578. The number of thiophene rings is 1. The fourth-order valence-corrected chi connectivity index (χ4v) is 3.04. The molecule has 2 nitrogen and oxygen atoms in total. The van der Waals surface area contributed by atoms with Gasteiger partial charge in [0.05, 0.1) is 16.0 Å². The van der Waals surface area contributed by atoms with Crippen LogP contribution in [0.25, 0.3) is 0 Å². The van der Waals surface area contributed by atoms with E-state index in [4.69, 9.17) is 4.74 Å². The Hall–Kier alpha value is -0.650. The van der Waals surface area contributed by atoms with Gasteiger partial charge in [-0.15, -0.1) is 11.3 Å². The van der Waals surface area contributed by atoms with Crippen molar-refractivity contribution in [2.45, 2.75) is 6.92 Å². The number of carbonyl (C=O) groups is 1. The van der Waals surface area contributed by atoms with Gasteiger partial charge < -0.3 is 4.74 Å². The summed E-state index contributed by atoms with van der Waals surface area (Å²) in [7, 11) is 0. The molecule has 0 bridgehead atoms. The highest BCUT2D eigenvalue weighted by molar-refractivity contribution is 9.11. The monoisotopic (exact) mass is 388 g/mol. The van der Waals surface area contributed by atoms with Crippen molar-refractivity contribution in [3.63, 3.8) is 0 Å². The quantitative estimate of drug-likeness (QED) is 0.695. The Morgan fingerprint density at radius 1 is 1.33 bits per heavy atom. The lowest BCUT2D eigenvalue weighted by Gasteiger charge is -2.09. The van der Waals surface area contributed by atoms with Crippen molar-refractivity contribution < 1.29 is 9.53 Å². The van der Waals surface area contributed by atoms with Gasteiger partial charge in [-0.3, -0.25) is 4.79 Å². The number of ether oxygens (including phenoxy) is 1. The van der Waals surface area contributed by atoms with Crippen LogP contribution in [-0.4, -0.2) is 12.4 Å². The number of halogens is 2. The average Bonchev–Trinajstić information content (AvgIpc) is 2.77. The van der Waals surface area contributed by atoms with E-state index in [-0.39, 0.29) is 5.78 Å². The first-order chi connectivity index (χ1) is 8.61. The highest BCUT2D eigenvalue weighted by Crippen LogP contribution is 2.28. The Labute approximate surface area is 126 Å². The maximum absolute atomic E-state index is 12.4. The lowest BCUT2D eigenvalue weighted by molar-refractivity contribution is 0.103. The molecule has 0 aliphatic rings. The predicted molar refractivity (Wildman–Crippen MR) is 80.8 cm³/mol. The Kier molecular flexibility index (Phi) is 4.59. The second-order valence-electron chi connectivity index (χ2n) is 3.54. The summed E-state index contributed by atoms with van der Waals surface area (Å²) in [5, 5.41) is 1.84. The van der Waals surface area contributed by atoms with Gasteiger partial charge >= 0.3 is 0 Å². The molecule has 0 N–H and O–H groups in total. The van der Waals surface area contributed by atoms with Crippen molar-refractivity contribution in [2.24, 2.45) is 0 Å². The third-order valence-corrected chi connectivity index (χ3v) is 4.31. The van der Waals surface area contributed by atoms with Crippen molar-refractivity contribution >= 4 is 49.0 Å². The summed E-state index contributed by atoms with van der Waals surface area (Å²) in [6.07, 6.45) is 0. The zero-order valence-corrected chi connectivity index (χ0v) is 13.6. The zero-order valence-electron chi connectivity index (χ0n) is 9.57. The molecule has 0 aliphatic carbocycles. The van der Waals surface area contributed by atoms with Crippen LogP contribution >= 0.6 is 43.2 Å². The lowest BCUT2D eigenvalue weighted by atomic mass is 10.1. The minimum Gasteiger partial charge on any atom is -0.493 e. The molecule has 0 amide bonds. The number of hydrogen-bond donors (Lipinski definition) is 0. The van der Waals surface area contributed by atoms with Gasteiger partial charge in [-0.25, -0.2) is 0 Å². The van der Waals surface area contributed by atoms with E-state index >= 15 is 0 Å². The largest absolute Gasteiger partial charge is 0.493 e. The molecule has 2 rings (SSSR count). The second kappa shape index (κ2) is 5.99. The predicted octanol–water partition coefficient (Wildman–Crippen LogP) is 4.90. The molecule has 0 radical (unpaired) electrons. The van der Waals surface area contributed by atoms with E-state index < -0.39 is 0 Å². The molecular weight excluding hydrogens is 380 g/mol. The van der Waals surface area contributed by atoms with Crippen LogP contribution < -0.4 is 4.74 Å². The third kappa shape index (κ3) is 3.02. The van der Waals surface area contributed by atoms with E-state index in [1.54, 1.807) is 6.07 Å². The van der Waals surface area contributed by atoms with Crippen LogP contribution in [0.1, 0.15) is 22.8 Å². The smallest absolute Gasteiger partial charge is 0.197 e. The summed E-state index contributed by atoms with van der Waals surface area (Å²) >= 11 is 8.24. The van der Waals surface area contributed by atoms with E-state index in [0.29, 0.717) is 23.5 Å². The molecule has 0 aliphatic heterocycles. The number of carbonyl (C=O) groups excluding carboxylic acids is 1. The SMILES string of the molecule is CCOc1ccc(Br)cc1C(=O)c1csc(Br)c1. The maximum Gasteiger partial charge on any atom is 0.197 e. The first-order valence-corrected chi connectivity index (χ1v) is 7.79. The van der Waals surface area contributed by atoms with Gasteiger partial charge in [0.15, 0.2) is 5.78 Å². The van der Waals surface area contributed by atoms with Crippen LogP contribution in [0, 0.1) is 0 Å². The van der Waals surface area contributed by atoms with Crippen molar-refractivity contribution in [1.29, 1.82) is 0 Å². The van der Waals surface area contributed by atoms with Crippen molar-refractivity contribution in [3.05, 3.63) is 49.0 Å². The molecule has 0 saturated heterocycles. The van der Waals surface area contributed by atoms with Gasteiger partial charge in [-0.1, -0.05) is 15.9 Å². The van der Waals surface area contributed by atoms with E-state index in [0.717, 1.165) is 8.26 Å². The minimum absolute atomic E-state index is 0.0262. The summed E-state index contributed by atoms with van der Waals surface area (Å²) in [4.78, 5) is 12.4. The Balaban J connectivity index is 2.42. The number of ketones is 1. The molecule has 0 unspecified atom stereocenters.